The van der Waals surface area contributed by atoms with E-state index in [9.17, 15) is 4.79 Å². The summed E-state index contributed by atoms with van der Waals surface area (Å²) in [6.45, 7) is 2.19. The maximum absolute atomic E-state index is 13.1. The molecule has 32 heavy (non-hydrogen) atoms. The van der Waals surface area contributed by atoms with Crippen molar-refractivity contribution in [1.29, 1.82) is 0 Å². The number of hydrogen-bond donors (Lipinski definition) is 0. The molecule has 3 fully saturated rings. The quantitative estimate of drug-likeness (QED) is 0.575. The van der Waals surface area contributed by atoms with Gasteiger partial charge in [-0.05, 0) is 76.8 Å². The standard InChI is InChI=1S/C27H35N3O2/c1-18-10-13-24-25(30(18)27(31)19-11-12-19)15-14-23(26(24)32-22-8-5-9-22)20-16-28-29(17-20)21-6-3-2-4-7-21/h14-19,21-22H,2-13H2,1H3/t18-/m0/s1. The van der Waals surface area contributed by atoms with Crippen LogP contribution in [-0.2, 0) is 11.2 Å². The molecule has 2 heterocycles. The van der Waals surface area contributed by atoms with E-state index in [1.165, 1.54) is 44.1 Å². The lowest BCUT2D eigenvalue weighted by Gasteiger charge is -2.38. The van der Waals surface area contributed by atoms with Gasteiger partial charge < -0.3 is 9.64 Å². The van der Waals surface area contributed by atoms with Gasteiger partial charge in [0.05, 0.1) is 24.0 Å². The number of fused-ring (bicyclic) bond motifs is 1. The van der Waals surface area contributed by atoms with Crippen LogP contribution >= 0.6 is 0 Å². The Balaban J connectivity index is 1.39. The number of amides is 1. The van der Waals surface area contributed by atoms with E-state index < -0.39 is 0 Å². The number of nitrogens with zero attached hydrogens (tertiary/aromatic N) is 3. The van der Waals surface area contributed by atoms with Crippen molar-refractivity contribution in [2.24, 2.45) is 5.92 Å². The maximum Gasteiger partial charge on any atom is 0.230 e. The average molecular weight is 434 g/mol. The molecular formula is C27H35N3O2. The van der Waals surface area contributed by atoms with Crippen molar-refractivity contribution < 1.29 is 9.53 Å². The van der Waals surface area contributed by atoms with E-state index in [1.54, 1.807) is 0 Å². The van der Waals surface area contributed by atoms with Crippen molar-refractivity contribution >= 4 is 11.6 Å². The monoisotopic (exact) mass is 433 g/mol. The number of hydrogen-bond acceptors (Lipinski definition) is 3. The smallest absolute Gasteiger partial charge is 0.230 e. The predicted octanol–water partition coefficient (Wildman–Crippen LogP) is 6.06. The number of aromatic nitrogens is 2. The summed E-state index contributed by atoms with van der Waals surface area (Å²) >= 11 is 0. The Morgan fingerprint density at radius 3 is 2.53 bits per heavy atom. The molecule has 1 atom stereocenters. The highest BCUT2D eigenvalue weighted by Gasteiger charge is 2.39. The number of anilines is 1. The summed E-state index contributed by atoms with van der Waals surface area (Å²) in [6.07, 6.45) is 18.5. The number of carbonyl (C=O) groups excluding carboxylic acids is 1. The van der Waals surface area contributed by atoms with Crippen molar-refractivity contribution in [2.45, 2.75) is 102 Å². The lowest BCUT2D eigenvalue weighted by Crippen LogP contribution is -2.43. The van der Waals surface area contributed by atoms with E-state index >= 15 is 0 Å². The molecule has 4 aliphatic rings. The second-order valence-corrected chi connectivity index (χ2v) is 10.5. The second-order valence-electron chi connectivity index (χ2n) is 10.5. The highest BCUT2D eigenvalue weighted by atomic mass is 16.5. The number of ether oxygens (including phenoxy) is 1. The first-order valence-corrected chi connectivity index (χ1v) is 12.9. The molecule has 3 aliphatic carbocycles. The van der Waals surface area contributed by atoms with Crippen molar-refractivity contribution in [3.63, 3.8) is 0 Å². The lowest BCUT2D eigenvalue weighted by molar-refractivity contribution is -0.120. The molecule has 5 heteroatoms. The molecule has 0 spiro atoms. The van der Waals surface area contributed by atoms with Crippen LogP contribution < -0.4 is 9.64 Å². The average Bonchev–Trinajstić information content (AvgIpc) is 3.53. The van der Waals surface area contributed by atoms with Crippen LogP contribution in [0.15, 0.2) is 24.5 Å². The molecule has 0 radical (unpaired) electrons. The number of carbonyl (C=O) groups is 1. The van der Waals surface area contributed by atoms with Crippen LogP contribution in [0.3, 0.4) is 0 Å². The van der Waals surface area contributed by atoms with Crippen LogP contribution in [0.5, 0.6) is 5.75 Å². The first-order chi connectivity index (χ1) is 15.7. The third-order valence-corrected chi connectivity index (χ3v) is 8.11. The van der Waals surface area contributed by atoms with Crippen molar-refractivity contribution in [1.82, 2.24) is 9.78 Å². The van der Waals surface area contributed by atoms with Gasteiger partial charge >= 0.3 is 0 Å². The van der Waals surface area contributed by atoms with Gasteiger partial charge in [0.15, 0.2) is 0 Å². The third-order valence-electron chi connectivity index (χ3n) is 8.11. The summed E-state index contributed by atoms with van der Waals surface area (Å²) in [5, 5.41) is 4.77. The molecule has 1 aliphatic heterocycles. The van der Waals surface area contributed by atoms with Crippen LogP contribution in [0, 0.1) is 5.92 Å². The fourth-order valence-corrected chi connectivity index (χ4v) is 5.71. The SMILES string of the molecule is C[C@H]1CCc2c(ccc(-c3cnn(C4CCCCC4)c3)c2OC2CCC2)N1C(=O)C1CC1. The minimum Gasteiger partial charge on any atom is -0.489 e. The summed E-state index contributed by atoms with van der Waals surface area (Å²) in [5.41, 5.74) is 4.60. The van der Waals surface area contributed by atoms with Crippen molar-refractivity contribution in [2.75, 3.05) is 4.90 Å². The molecule has 3 saturated carbocycles. The molecule has 1 aromatic carbocycles. The Kier molecular flexibility index (Phi) is 5.23. The maximum atomic E-state index is 13.1. The molecule has 2 aromatic rings. The van der Waals surface area contributed by atoms with Crippen LogP contribution in [0.2, 0.25) is 0 Å². The zero-order chi connectivity index (χ0) is 21.7. The zero-order valence-corrected chi connectivity index (χ0v) is 19.3. The van der Waals surface area contributed by atoms with Gasteiger partial charge in [0.25, 0.3) is 0 Å². The van der Waals surface area contributed by atoms with E-state index in [1.807, 2.05) is 6.20 Å². The van der Waals surface area contributed by atoms with Gasteiger partial charge in [-0.15, -0.1) is 0 Å². The fraction of sp³-hybridized carbons (Fsp3) is 0.630. The minimum absolute atomic E-state index is 0.229. The molecule has 5 nitrogen and oxygen atoms in total. The van der Waals surface area contributed by atoms with Crippen LogP contribution in [0.25, 0.3) is 11.1 Å². The van der Waals surface area contributed by atoms with Crippen molar-refractivity contribution in [3.05, 3.63) is 30.1 Å². The summed E-state index contributed by atoms with van der Waals surface area (Å²) in [6, 6.07) is 5.14. The van der Waals surface area contributed by atoms with E-state index in [4.69, 9.17) is 9.84 Å². The van der Waals surface area contributed by atoms with Gasteiger partial charge in [-0.1, -0.05) is 19.3 Å². The highest BCUT2D eigenvalue weighted by molar-refractivity contribution is 5.99. The first-order valence-electron chi connectivity index (χ1n) is 12.9. The molecule has 1 aromatic heterocycles. The Hall–Kier alpha value is -2.30. The van der Waals surface area contributed by atoms with Gasteiger partial charge in [0, 0.05) is 34.8 Å². The number of benzene rings is 1. The Morgan fingerprint density at radius 2 is 1.81 bits per heavy atom. The molecular weight excluding hydrogens is 398 g/mol. The van der Waals surface area contributed by atoms with E-state index in [-0.39, 0.29) is 12.0 Å². The Bertz CT molecular complexity index is 998. The summed E-state index contributed by atoms with van der Waals surface area (Å²) in [7, 11) is 0. The van der Waals surface area contributed by atoms with Gasteiger partial charge in [0.1, 0.15) is 5.75 Å². The third kappa shape index (κ3) is 3.64. The fourth-order valence-electron chi connectivity index (χ4n) is 5.71. The highest BCUT2D eigenvalue weighted by Crippen LogP contribution is 2.46. The van der Waals surface area contributed by atoms with E-state index in [0.717, 1.165) is 61.1 Å². The van der Waals surface area contributed by atoms with Gasteiger partial charge in [-0.2, -0.15) is 5.10 Å². The normalized spacial score (nSPS) is 24.2. The second kappa shape index (κ2) is 8.24. The molecule has 0 saturated heterocycles. The van der Waals surface area contributed by atoms with Gasteiger partial charge in [-0.25, -0.2) is 0 Å². The van der Waals surface area contributed by atoms with E-state index in [0.29, 0.717) is 18.1 Å². The van der Waals surface area contributed by atoms with E-state index in [2.05, 4.69) is 34.8 Å². The Morgan fingerprint density at radius 1 is 1.00 bits per heavy atom. The molecule has 0 N–H and O–H groups in total. The molecule has 6 rings (SSSR count). The van der Waals surface area contributed by atoms with Gasteiger partial charge in [0.2, 0.25) is 5.91 Å². The molecule has 1 amide bonds. The molecule has 170 valence electrons. The van der Waals surface area contributed by atoms with Crippen LogP contribution in [0.1, 0.15) is 89.2 Å². The van der Waals surface area contributed by atoms with Gasteiger partial charge in [-0.3, -0.25) is 9.48 Å². The molecule has 0 bridgehead atoms. The number of rotatable bonds is 5. The summed E-state index contributed by atoms with van der Waals surface area (Å²) < 4.78 is 8.84. The summed E-state index contributed by atoms with van der Waals surface area (Å²) in [4.78, 5) is 15.2. The lowest BCUT2D eigenvalue weighted by atomic mass is 9.91. The minimum atomic E-state index is 0.229. The van der Waals surface area contributed by atoms with Crippen LogP contribution in [0.4, 0.5) is 5.69 Å². The predicted molar refractivity (Wildman–Crippen MR) is 126 cm³/mol. The zero-order valence-electron chi connectivity index (χ0n) is 19.3. The first kappa shape index (κ1) is 20.3. The van der Waals surface area contributed by atoms with Crippen molar-refractivity contribution in [3.8, 4) is 16.9 Å². The van der Waals surface area contributed by atoms with Crippen LogP contribution in [-0.4, -0.2) is 27.8 Å². The molecule has 0 unspecified atom stereocenters. The summed E-state index contributed by atoms with van der Waals surface area (Å²) in [5.74, 6) is 1.55. The largest absolute Gasteiger partial charge is 0.489 e. The topological polar surface area (TPSA) is 47.4 Å². The Labute approximate surface area is 191 Å².